The van der Waals surface area contributed by atoms with Gasteiger partial charge < -0.3 is 10.2 Å². The molecule has 0 radical (unpaired) electrons. The molecule has 0 aromatic rings. The van der Waals surface area contributed by atoms with Crippen LogP contribution < -0.4 is 5.32 Å². The summed E-state index contributed by atoms with van der Waals surface area (Å²) in [4.78, 5) is 29.8. The molecule has 2 aliphatic rings. The lowest BCUT2D eigenvalue weighted by molar-refractivity contribution is -0.142. The highest BCUT2D eigenvalue weighted by Crippen LogP contribution is 2.27. The van der Waals surface area contributed by atoms with E-state index in [1.54, 1.807) is 0 Å². The Hall–Kier alpha value is -1.10. The van der Waals surface area contributed by atoms with Crippen LogP contribution in [-0.2, 0) is 9.59 Å². The van der Waals surface area contributed by atoms with Gasteiger partial charge in [0.2, 0.25) is 11.8 Å². The lowest BCUT2D eigenvalue weighted by atomic mass is 9.87. The van der Waals surface area contributed by atoms with E-state index >= 15 is 0 Å². The zero-order chi connectivity index (χ0) is 20.4. The van der Waals surface area contributed by atoms with Crippen LogP contribution in [0.25, 0.3) is 0 Å². The number of amides is 2. The summed E-state index contributed by atoms with van der Waals surface area (Å²) in [6.45, 7) is 19.1. The topological polar surface area (TPSA) is 52.7 Å². The molecule has 2 heterocycles. The van der Waals surface area contributed by atoms with Crippen LogP contribution >= 0.6 is 0 Å². The first-order valence-electron chi connectivity index (χ1n) is 10.7. The monoisotopic (exact) mass is 379 g/mol. The van der Waals surface area contributed by atoms with E-state index in [9.17, 15) is 9.59 Å². The molecule has 2 aliphatic heterocycles. The Morgan fingerprint density at radius 3 is 2.15 bits per heavy atom. The standard InChI is InChI=1S/C22H41N3O2/c1-16-11-17(2)13-25(12-16)22(6,7)15-23-19(26)18-9-8-10-24(14-18)20(27)21(3,4)5/h16-18H,8-15H2,1-7H3,(H,23,26). The number of carbonyl (C=O) groups is 2. The van der Waals surface area contributed by atoms with Crippen molar-refractivity contribution in [1.82, 2.24) is 15.1 Å². The molecule has 27 heavy (non-hydrogen) atoms. The number of likely N-dealkylation sites (tertiary alicyclic amines) is 2. The van der Waals surface area contributed by atoms with Crippen molar-refractivity contribution in [2.45, 2.75) is 73.3 Å². The second-order valence-electron chi connectivity index (χ2n) is 10.7. The van der Waals surface area contributed by atoms with Gasteiger partial charge in [0.1, 0.15) is 0 Å². The molecule has 0 spiro atoms. The SMILES string of the molecule is CC1CC(C)CN(C(C)(C)CNC(=O)C2CCCN(C(=O)C(C)(C)C)C2)C1. The number of rotatable bonds is 4. The van der Waals surface area contributed by atoms with Gasteiger partial charge in [0.05, 0.1) is 5.92 Å². The Bertz CT molecular complexity index is 528. The molecule has 2 amide bonds. The van der Waals surface area contributed by atoms with E-state index in [0.717, 1.165) is 32.5 Å². The molecule has 0 aromatic heterocycles. The first-order valence-corrected chi connectivity index (χ1v) is 10.7. The molecule has 2 fully saturated rings. The van der Waals surface area contributed by atoms with Crippen LogP contribution in [0.1, 0.15) is 67.7 Å². The lowest BCUT2D eigenvalue weighted by Crippen LogP contribution is -2.57. The summed E-state index contributed by atoms with van der Waals surface area (Å²) in [5.41, 5.74) is -0.434. The van der Waals surface area contributed by atoms with Gasteiger partial charge in [-0.1, -0.05) is 34.6 Å². The molecule has 156 valence electrons. The molecule has 5 heteroatoms. The van der Waals surface area contributed by atoms with Crippen LogP contribution in [0.15, 0.2) is 0 Å². The predicted octanol–water partition coefficient (Wildman–Crippen LogP) is 3.14. The van der Waals surface area contributed by atoms with Crippen LogP contribution in [0.3, 0.4) is 0 Å². The molecule has 0 saturated carbocycles. The fourth-order valence-corrected chi connectivity index (χ4v) is 4.57. The maximum absolute atomic E-state index is 12.8. The Kier molecular flexibility index (Phi) is 6.99. The highest BCUT2D eigenvalue weighted by molar-refractivity contribution is 5.83. The minimum absolute atomic E-state index is 0.0474. The molecule has 0 aromatic carbocycles. The minimum Gasteiger partial charge on any atom is -0.354 e. The van der Waals surface area contributed by atoms with Gasteiger partial charge in [-0.25, -0.2) is 0 Å². The van der Waals surface area contributed by atoms with Gasteiger partial charge in [-0.3, -0.25) is 14.5 Å². The Labute approximate surface area is 166 Å². The van der Waals surface area contributed by atoms with E-state index in [-0.39, 0.29) is 28.7 Å². The molecule has 3 unspecified atom stereocenters. The number of nitrogens with one attached hydrogen (secondary N) is 1. The maximum atomic E-state index is 12.8. The Balaban J connectivity index is 1.89. The second-order valence-corrected chi connectivity index (χ2v) is 10.7. The van der Waals surface area contributed by atoms with E-state index in [2.05, 4.69) is 37.9 Å². The fourth-order valence-electron chi connectivity index (χ4n) is 4.57. The Morgan fingerprint density at radius 1 is 1.00 bits per heavy atom. The molecule has 3 atom stereocenters. The van der Waals surface area contributed by atoms with Crippen molar-refractivity contribution < 1.29 is 9.59 Å². The summed E-state index contributed by atoms with van der Waals surface area (Å²) in [5.74, 6) is 1.59. The third-order valence-corrected chi connectivity index (χ3v) is 6.14. The lowest BCUT2D eigenvalue weighted by Gasteiger charge is -2.45. The zero-order valence-corrected chi connectivity index (χ0v) is 18.6. The first-order chi connectivity index (χ1) is 12.4. The number of hydrogen-bond donors (Lipinski definition) is 1. The molecule has 1 N–H and O–H groups in total. The van der Waals surface area contributed by atoms with Crippen LogP contribution in [0.4, 0.5) is 0 Å². The smallest absolute Gasteiger partial charge is 0.227 e. The molecule has 2 saturated heterocycles. The average molecular weight is 380 g/mol. The summed E-state index contributed by atoms with van der Waals surface area (Å²) in [7, 11) is 0. The van der Waals surface area contributed by atoms with E-state index in [4.69, 9.17) is 0 Å². The molecule has 2 rings (SSSR count). The highest BCUT2D eigenvalue weighted by Gasteiger charge is 2.36. The van der Waals surface area contributed by atoms with Gasteiger partial charge in [-0.15, -0.1) is 0 Å². The summed E-state index contributed by atoms with van der Waals surface area (Å²) in [6, 6.07) is 0. The van der Waals surface area contributed by atoms with Gasteiger partial charge in [0, 0.05) is 43.7 Å². The van der Waals surface area contributed by atoms with Crippen molar-refractivity contribution in [2.24, 2.45) is 23.2 Å². The van der Waals surface area contributed by atoms with Crippen molar-refractivity contribution in [1.29, 1.82) is 0 Å². The predicted molar refractivity (Wildman–Crippen MR) is 110 cm³/mol. The van der Waals surface area contributed by atoms with Crippen LogP contribution in [0, 0.1) is 23.2 Å². The molecule has 0 bridgehead atoms. The van der Waals surface area contributed by atoms with E-state index < -0.39 is 0 Å². The minimum atomic E-state index is -0.387. The van der Waals surface area contributed by atoms with Crippen molar-refractivity contribution in [3.63, 3.8) is 0 Å². The van der Waals surface area contributed by atoms with Gasteiger partial charge in [0.25, 0.3) is 0 Å². The van der Waals surface area contributed by atoms with Crippen molar-refractivity contribution >= 4 is 11.8 Å². The first kappa shape index (κ1) is 22.2. The molecule has 5 nitrogen and oxygen atoms in total. The fraction of sp³-hybridized carbons (Fsp3) is 0.909. The third-order valence-electron chi connectivity index (χ3n) is 6.14. The van der Waals surface area contributed by atoms with Gasteiger partial charge in [-0.05, 0) is 44.9 Å². The second kappa shape index (κ2) is 8.50. The number of carbonyl (C=O) groups excluding carboxylic acids is 2. The van der Waals surface area contributed by atoms with Crippen molar-refractivity contribution in [3.05, 3.63) is 0 Å². The summed E-state index contributed by atoms with van der Waals surface area (Å²) in [6.07, 6.45) is 3.07. The number of piperidine rings is 2. The van der Waals surface area contributed by atoms with Crippen molar-refractivity contribution in [2.75, 3.05) is 32.7 Å². The van der Waals surface area contributed by atoms with Crippen LogP contribution in [0.5, 0.6) is 0 Å². The van der Waals surface area contributed by atoms with E-state index in [1.165, 1.54) is 6.42 Å². The highest BCUT2D eigenvalue weighted by atomic mass is 16.2. The van der Waals surface area contributed by atoms with Gasteiger partial charge in [0.15, 0.2) is 0 Å². The largest absolute Gasteiger partial charge is 0.354 e. The van der Waals surface area contributed by atoms with E-state index in [0.29, 0.717) is 24.9 Å². The summed E-state index contributed by atoms with van der Waals surface area (Å²) in [5, 5.41) is 3.20. The van der Waals surface area contributed by atoms with Gasteiger partial charge >= 0.3 is 0 Å². The van der Waals surface area contributed by atoms with Crippen molar-refractivity contribution in [3.8, 4) is 0 Å². The molecular weight excluding hydrogens is 338 g/mol. The van der Waals surface area contributed by atoms with Crippen LogP contribution in [0.2, 0.25) is 0 Å². The molecular formula is C22H41N3O2. The normalized spacial score (nSPS) is 28.1. The third kappa shape index (κ3) is 5.94. The molecule has 0 aliphatic carbocycles. The Morgan fingerprint density at radius 2 is 1.59 bits per heavy atom. The number of hydrogen-bond acceptors (Lipinski definition) is 3. The maximum Gasteiger partial charge on any atom is 0.227 e. The average Bonchev–Trinajstić information content (AvgIpc) is 2.57. The number of nitrogens with zero attached hydrogens (tertiary/aromatic N) is 2. The summed E-state index contributed by atoms with van der Waals surface area (Å²) < 4.78 is 0. The van der Waals surface area contributed by atoms with Crippen LogP contribution in [-0.4, -0.2) is 59.9 Å². The quantitative estimate of drug-likeness (QED) is 0.816. The van der Waals surface area contributed by atoms with Gasteiger partial charge in [-0.2, -0.15) is 0 Å². The summed E-state index contributed by atoms with van der Waals surface area (Å²) >= 11 is 0. The van der Waals surface area contributed by atoms with E-state index in [1.807, 2.05) is 25.7 Å². The zero-order valence-electron chi connectivity index (χ0n) is 18.6.